The number of carbonyl (C=O) groups is 1. The zero-order valence-electron chi connectivity index (χ0n) is 8.34. The average molecular weight is 189 g/mol. The number of methoxy groups -OCH3 is 1. The lowest BCUT2D eigenvalue weighted by Crippen LogP contribution is -2.51. The number of carbonyl (C=O) groups excluding carboxylic acids is 1. The fraction of sp³-hybridized carbons (Fsp3) is 0.889. The predicted octanol–water partition coefficient (Wildman–Crippen LogP) is 0.839. The van der Waals surface area contributed by atoms with Gasteiger partial charge >= 0.3 is 5.97 Å². The van der Waals surface area contributed by atoms with Gasteiger partial charge in [0.25, 0.3) is 0 Å². The zero-order chi connectivity index (χ0) is 10.1. The van der Waals surface area contributed by atoms with Crippen molar-refractivity contribution in [3.05, 3.63) is 0 Å². The van der Waals surface area contributed by atoms with Crippen LogP contribution in [0.2, 0.25) is 0 Å². The second kappa shape index (κ2) is 3.62. The zero-order valence-corrected chi connectivity index (χ0v) is 8.34. The summed E-state index contributed by atoms with van der Waals surface area (Å²) in [4.78, 5) is 13.3. The lowest BCUT2D eigenvalue weighted by atomic mass is 9.80. The van der Waals surface area contributed by atoms with E-state index in [4.69, 9.17) is 0 Å². The van der Waals surface area contributed by atoms with Gasteiger partial charge in [-0.2, -0.15) is 0 Å². The largest absolute Gasteiger partial charge is 0.468 e. The Balaban J connectivity index is 2.78. The van der Waals surface area contributed by atoms with E-state index in [1.807, 2.05) is 11.9 Å². The van der Waals surface area contributed by atoms with Gasteiger partial charge in [-0.1, -0.05) is 0 Å². The third-order valence-corrected chi connectivity index (χ3v) is 2.71. The van der Waals surface area contributed by atoms with E-state index in [9.17, 15) is 9.18 Å². The number of nitrogens with zero attached hydrogens (tertiary/aromatic N) is 1. The van der Waals surface area contributed by atoms with Crippen molar-refractivity contribution in [1.82, 2.24) is 4.90 Å². The number of rotatable bonds is 1. The fourth-order valence-electron chi connectivity index (χ4n) is 1.82. The van der Waals surface area contributed by atoms with Crippen LogP contribution < -0.4 is 0 Å². The van der Waals surface area contributed by atoms with E-state index in [1.165, 1.54) is 7.11 Å². The Morgan fingerprint density at radius 2 is 2.31 bits per heavy atom. The number of piperidine rings is 1. The van der Waals surface area contributed by atoms with Gasteiger partial charge in [-0.05, 0) is 20.4 Å². The Bertz CT molecular complexity index is 210. The van der Waals surface area contributed by atoms with E-state index >= 15 is 0 Å². The van der Waals surface area contributed by atoms with Crippen LogP contribution in [0.1, 0.15) is 13.3 Å². The van der Waals surface area contributed by atoms with Crippen LogP contribution in [0.25, 0.3) is 0 Å². The summed E-state index contributed by atoms with van der Waals surface area (Å²) in [5, 5.41) is 0. The maximum atomic E-state index is 13.5. The lowest BCUT2D eigenvalue weighted by molar-refractivity contribution is -0.159. The first-order valence-corrected chi connectivity index (χ1v) is 4.41. The molecule has 1 heterocycles. The van der Waals surface area contributed by atoms with E-state index in [0.717, 1.165) is 0 Å². The predicted molar refractivity (Wildman–Crippen MR) is 47.1 cm³/mol. The number of hydrogen-bond acceptors (Lipinski definition) is 3. The molecule has 0 radical (unpaired) electrons. The van der Waals surface area contributed by atoms with Crippen molar-refractivity contribution in [2.45, 2.75) is 19.5 Å². The minimum absolute atomic E-state index is 0.405. The Morgan fingerprint density at radius 3 is 2.85 bits per heavy atom. The lowest BCUT2D eigenvalue weighted by Gasteiger charge is -2.38. The highest BCUT2D eigenvalue weighted by Crippen LogP contribution is 2.32. The van der Waals surface area contributed by atoms with Crippen LogP contribution in [0, 0.1) is 5.41 Å². The maximum Gasteiger partial charge on any atom is 0.315 e. The van der Waals surface area contributed by atoms with Crippen molar-refractivity contribution in [2.24, 2.45) is 5.41 Å². The molecule has 0 aromatic heterocycles. The number of halogens is 1. The summed E-state index contributed by atoms with van der Waals surface area (Å²) in [6.07, 6.45) is -0.682. The highest BCUT2D eigenvalue weighted by Gasteiger charge is 2.46. The molecular formula is C9H16FNO2. The molecule has 0 aliphatic carbocycles. The van der Waals surface area contributed by atoms with Gasteiger partial charge in [-0.25, -0.2) is 4.39 Å². The topological polar surface area (TPSA) is 29.5 Å². The number of esters is 1. The molecule has 2 atom stereocenters. The SMILES string of the molecule is COC(=O)C1(C)CN(C)CCC1F. The first-order chi connectivity index (χ1) is 6.00. The molecule has 1 rings (SSSR count). The molecule has 0 amide bonds. The molecule has 2 unspecified atom stereocenters. The molecule has 1 aliphatic rings. The molecule has 0 saturated carbocycles. The van der Waals surface area contributed by atoms with Crippen molar-refractivity contribution >= 4 is 5.97 Å². The Labute approximate surface area is 77.9 Å². The molecule has 0 N–H and O–H groups in total. The molecule has 1 saturated heterocycles. The molecule has 13 heavy (non-hydrogen) atoms. The molecule has 0 aromatic carbocycles. The first kappa shape index (κ1) is 10.4. The van der Waals surface area contributed by atoms with Gasteiger partial charge in [0.15, 0.2) is 0 Å². The van der Waals surface area contributed by atoms with Crippen molar-refractivity contribution in [3.8, 4) is 0 Å². The third kappa shape index (κ3) is 1.82. The summed E-state index contributed by atoms with van der Waals surface area (Å²) in [7, 11) is 3.18. The van der Waals surface area contributed by atoms with Crippen LogP contribution >= 0.6 is 0 Å². The van der Waals surface area contributed by atoms with Crippen molar-refractivity contribution in [2.75, 3.05) is 27.2 Å². The first-order valence-electron chi connectivity index (χ1n) is 4.41. The molecule has 4 heteroatoms. The van der Waals surface area contributed by atoms with E-state index < -0.39 is 17.6 Å². The van der Waals surface area contributed by atoms with Gasteiger partial charge in [0.2, 0.25) is 0 Å². The second-order valence-corrected chi connectivity index (χ2v) is 3.90. The normalized spacial score (nSPS) is 35.8. The van der Waals surface area contributed by atoms with Gasteiger partial charge in [0.1, 0.15) is 11.6 Å². The highest BCUT2D eigenvalue weighted by molar-refractivity contribution is 5.77. The summed E-state index contributed by atoms with van der Waals surface area (Å²) >= 11 is 0. The molecule has 0 aromatic rings. The van der Waals surface area contributed by atoms with Crippen molar-refractivity contribution < 1.29 is 13.9 Å². The minimum atomic E-state index is -1.09. The van der Waals surface area contributed by atoms with Gasteiger partial charge in [-0.3, -0.25) is 4.79 Å². The second-order valence-electron chi connectivity index (χ2n) is 3.90. The van der Waals surface area contributed by atoms with E-state index in [1.54, 1.807) is 6.92 Å². The van der Waals surface area contributed by atoms with Crippen LogP contribution in [0.15, 0.2) is 0 Å². The van der Waals surface area contributed by atoms with Gasteiger partial charge in [0.05, 0.1) is 7.11 Å². The van der Waals surface area contributed by atoms with Crippen molar-refractivity contribution in [1.29, 1.82) is 0 Å². The summed E-state index contributed by atoms with van der Waals surface area (Å²) in [5.74, 6) is -0.452. The number of hydrogen-bond donors (Lipinski definition) is 0. The number of alkyl halides is 1. The van der Waals surface area contributed by atoms with Crippen LogP contribution in [0.5, 0.6) is 0 Å². The van der Waals surface area contributed by atoms with Gasteiger partial charge in [0, 0.05) is 13.1 Å². The molecule has 0 spiro atoms. The van der Waals surface area contributed by atoms with E-state index in [0.29, 0.717) is 19.5 Å². The van der Waals surface area contributed by atoms with Crippen LogP contribution in [0.4, 0.5) is 4.39 Å². The molecule has 1 fully saturated rings. The van der Waals surface area contributed by atoms with Crippen LogP contribution in [-0.2, 0) is 9.53 Å². The average Bonchev–Trinajstić information content (AvgIpc) is 2.10. The smallest absolute Gasteiger partial charge is 0.315 e. The van der Waals surface area contributed by atoms with E-state index in [-0.39, 0.29) is 0 Å². The standard InChI is InChI=1S/C9H16FNO2/c1-9(8(12)13-3)6-11(2)5-4-7(9)10/h7H,4-6H2,1-3H3. The minimum Gasteiger partial charge on any atom is -0.468 e. The van der Waals surface area contributed by atoms with Crippen LogP contribution in [-0.4, -0.2) is 44.3 Å². The van der Waals surface area contributed by atoms with Crippen molar-refractivity contribution in [3.63, 3.8) is 0 Å². The summed E-state index contributed by atoms with van der Waals surface area (Å²) in [5.41, 5.74) is -0.984. The molecular weight excluding hydrogens is 173 g/mol. The monoisotopic (exact) mass is 189 g/mol. The number of ether oxygens (including phenoxy) is 1. The molecule has 3 nitrogen and oxygen atoms in total. The Hall–Kier alpha value is -0.640. The number of likely N-dealkylation sites (tertiary alicyclic amines) is 1. The summed E-state index contributed by atoms with van der Waals surface area (Å²) in [6, 6.07) is 0. The van der Waals surface area contributed by atoms with E-state index in [2.05, 4.69) is 4.74 Å². The summed E-state index contributed by atoms with van der Waals surface area (Å²) < 4.78 is 18.1. The quantitative estimate of drug-likeness (QED) is 0.572. The van der Waals surface area contributed by atoms with Gasteiger partial charge in [-0.15, -0.1) is 0 Å². The Kier molecular flexibility index (Phi) is 2.91. The Morgan fingerprint density at radius 1 is 1.69 bits per heavy atom. The third-order valence-electron chi connectivity index (χ3n) is 2.71. The molecule has 76 valence electrons. The fourth-order valence-corrected chi connectivity index (χ4v) is 1.82. The van der Waals surface area contributed by atoms with Crippen LogP contribution in [0.3, 0.4) is 0 Å². The summed E-state index contributed by atoms with van der Waals surface area (Å²) in [6.45, 7) is 2.76. The maximum absolute atomic E-state index is 13.5. The highest BCUT2D eigenvalue weighted by atomic mass is 19.1. The molecule has 0 bridgehead atoms. The van der Waals surface area contributed by atoms with Gasteiger partial charge < -0.3 is 9.64 Å². The molecule has 1 aliphatic heterocycles.